The molecule has 0 N–H and O–H groups in total. The molecule has 0 spiro atoms. The minimum Gasteiger partial charge on any atom is -0.311 e. The minimum absolute atomic E-state index is 0.302. The molecule has 2 nitrogen and oxygen atoms in total. The monoisotopic (exact) mass is 946 g/mol. The molecule has 0 aromatic heterocycles. The highest BCUT2D eigenvalue weighted by atomic mass is 19.4. The Bertz CT molecular complexity index is 2980. The third-order valence-corrected chi connectivity index (χ3v) is 13.7. The van der Waals surface area contributed by atoms with E-state index in [2.05, 4.69) is 39.8 Å². The van der Waals surface area contributed by atoms with Crippen LogP contribution in [0.5, 0.6) is 0 Å². The molecule has 0 fully saturated rings. The van der Waals surface area contributed by atoms with E-state index in [0.717, 1.165) is 98.1 Å². The van der Waals surface area contributed by atoms with Crippen LogP contribution >= 0.6 is 0 Å². The van der Waals surface area contributed by atoms with Gasteiger partial charge in [0.2, 0.25) is 0 Å². The summed E-state index contributed by atoms with van der Waals surface area (Å²) in [4.78, 5) is 3.31. The highest BCUT2D eigenvalue weighted by molar-refractivity contribution is 5.94. The Labute approximate surface area is 384 Å². The number of allylic oxidation sites excluding steroid dienone is 3. The summed E-state index contributed by atoms with van der Waals surface area (Å²) < 4.78 is 164. The van der Waals surface area contributed by atoms with Gasteiger partial charge in [0.15, 0.2) is 0 Å². The van der Waals surface area contributed by atoms with Crippen LogP contribution in [0.4, 0.5) is 81.1 Å². The molecule has 6 aromatic carbocycles. The molecule has 0 heterocycles. The Morgan fingerprint density at radius 2 is 0.794 bits per heavy atom. The third kappa shape index (κ3) is 7.83. The molecular weight excluding hydrogens is 905 g/mol. The van der Waals surface area contributed by atoms with Crippen LogP contribution in [0, 0.1) is 19.8 Å². The number of aryl methyl sites for hydroxylation is 2. The maximum atomic E-state index is 13.7. The number of halogens is 12. The molecule has 0 amide bonds. The number of hydrogen-bond donors (Lipinski definition) is 0. The zero-order chi connectivity index (χ0) is 49.3. The van der Waals surface area contributed by atoms with Crippen LogP contribution in [0.3, 0.4) is 0 Å². The number of hydrogen-bond acceptors (Lipinski definition) is 2. The van der Waals surface area contributed by atoms with Crippen LogP contribution in [-0.4, -0.2) is 6.18 Å². The lowest BCUT2D eigenvalue weighted by atomic mass is 9.79. The van der Waals surface area contributed by atoms with Crippen LogP contribution in [0.15, 0.2) is 133 Å². The van der Waals surface area contributed by atoms with E-state index < -0.39 is 58.1 Å². The fourth-order valence-electron chi connectivity index (χ4n) is 10.1. The van der Waals surface area contributed by atoms with Crippen molar-refractivity contribution in [2.75, 3.05) is 9.80 Å². The van der Waals surface area contributed by atoms with Crippen LogP contribution in [0.1, 0.15) is 84.2 Å². The Morgan fingerprint density at radius 1 is 0.441 bits per heavy atom. The predicted molar refractivity (Wildman–Crippen MR) is 241 cm³/mol. The molecule has 1 atom stereocenters. The fourth-order valence-corrected chi connectivity index (χ4v) is 10.1. The van der Waals surface area contributed by atoms with Crippen LogP contribution < -0.4 is 9.80 Å². The first-order valence-corrected chi connectivity index (χ1v) is 21.6. The fraction of sp³-hybridized carbons (Fsp3) is 0.259. The first-order chi connectivity index (χ1) is 31.6. The molecule has 6 aromatic rings. The first-order valence-electron chi connectivity index (χ1n) is 21.6. The molecule has 0 aliphatic heterocycles. The molecule has 0 saturated carbocycles. The lowest BCUT2D eigenvalue weighted by Crippen LogP contribution is -2.25. The normalized spacial score (nSPS) is 17.0. The molecule has 14 heteroatoms. The van der Waals surface area contributed by atoms with E-state index in [9.17, 15) is 52.7 Å². The van der Waals surface area contributed by atoms with Crippen molar-refractivity contribution in [3.8, 4) is 22.3 Å². The summed E-state index contributed by atoms with van der Waals surface area (Å²) in [6.07, 6.45) is -14.8. The summed E-state index contributed by atoms with van der Waals surface area (Å²) in [5.41, 5.74) is 7.62. The standard InChI is InChI=1S/C54H42F12N2/c1-29-23-39(67(35-15-7-31(8-16-35)51(55,56)57)36-17-9-32(10-18-36)52(58,59)60)25-45-47(29)41-27-44-42(28-43(41)49(45,3)4)48-30(2)24-40(26-46(48)50(44,5)6)68(37-19-11-33(12-20-37)53(61,62)63)38-21-13-34(14-22-38)54(64,65)66/h7-13,15-28,34H,14H2,1-6H3. The van der Waals surface area contributed by atoms with E-state index in [0.29, 0.717) is 34.1 Å². The van der Waals surface area contributed by atoms with Crippen molar-refractivity contribution in [3.05, 3.63) is 183 Å². The average molecular weight is 947 g/mol. The van der Waals surface area contributed by atoms with E-state index in [-0.39, 0.29) is 6.42 Å². The van der Waals surface area contributed by atoms with Gasteiger partial charge in [-0.1, -0.05) is 39.8 Å². The summed E-state index contributed by atoms with van der Waals surface area (Å²) in [6, 6.07) is 25.3. The summed E-state index contributed by atoms with van der Waals surface area (Å²) in [5.74, 6) is -1.71. The Kier molecular flexibility index (Phi) is 10.7. The predicted octanol–water partition coefficient (Wildman–Crippen LogP) is 17.6. The quantitative estimate of drug-likeness (QED) is 0.154. The van der Waals surface area contributed by atoms with Gasteiger partial charge < -0.3 is 9.80 Å². The minimum atomic E-state index is -4.61. The number of rotatable bonds is 6. The largest absolute Gasteiger partial charge is 0.416 e. The summed E-state index contributed by atoms with van der Waals surface area (Å²) in [5, 5.41) is 0. The zero-order valence-corrected chi connectivity index (χ0v) is 37.3. The van der Waals surface area contributed by atoms with Gasteiger partial charge >= 0.3 is 24.7 Å². The van der Waals surface area contributed by atoms with Crippen molar-refractivity contribution in [3.63, 3.8) is 0 Å². The van der Waals surface area contributed by atoms with E-state index in [1.54, 1.807) is 9.80 Å². The van der Waals surface area contributed by atoms with Gasteiger partial charge in [-0.15, -0.1) is 0 Å². The van der Waals surface area contributed by atoms with E-state index in [4.69, 9.17) is 0 Å². The average Bonchev–Trinajstić information content (AvgIpc) is 3.61. The van der Waals surface area contributed by atoms with E-state index >= 15 is 0 Å². The highest BCUT2D eigenvalue weighted by Gasteiger charge is 2.44. The van der Waals surface area contributed by atoms with E-state index in [1.165, 1.54) is 48.6 Å². The molecular formula is C54H42F12N2. The van der Waals surface area contributed by atoms with Crippen LogP contribution in [0.2, 0.25) is 0 Å². The van der Waals surface area contributed by atoms with Crippen LogP contribution in [-0.2, 0) is 29.4 Å². The molecule has 9 rings (SSSR count). The van der Waals surface area contributed by atoms with Gasteiger partial charge in [-0.05, 0) is 191 Å². The summed E-state index contributed by atoms with van der Waals surface area (Å²) >= 11 is 0. The van der Waals surface area contributed by atoms with Crippen molar-refractivity contribution in [2.45, 2.75) is 83.5 Å². The molecule has 68 heavy (non-hydrogen) atoms. The lowest BCUT2D eigenvalue weighted by Gasteiger charge is -2.31. The van der Waals surface area contributed by atoms with Gasteiger partial charge in [0.1, 0.15) is 0 Å². The van der Waals surface area contributed by atoms with Crippen LogP contribution in [0.25, 0.3) is 22.3 Å². The van der Waals surface area contributed by atoms with Gasteiger partial charge in [-0.3, -0.25) is 0 Å². The zero-order valence-electron chi connectivity index (χ0n) is 37.3. The van der Waals surface area contributed by atoms with Gasteiger partial charge in [-0.25, -0.2) is 0 Å². The SMILES string of the molecule is Cc1cc(N(C2=CCC(C(F)(F)F)C=C2)c2ccc(C(F)(F)F)cc2)cc2c1-c1cc3c(cc1C2(C)C)-c1c(C)cc(N(c2ccc(C(F)(F)F)cc2)c2ccc(C(F)(F)F)cc2)cc1C3(C)C. The number of fused-ring (bicyclic) bond motifs is 6. The number of alkyl halides is 12. The van der Waals surface area contributed by atoms with Crippen molar-refractivity contribution in [2.24, 2.45) is 5.92 Å². The Balaban J connectivity index is 1.14. The van der Waals surface area contributed by atoms with Crippen molar-refractivity contribution >= 4 is 28.4 Å². The molecule has 3 aliphatic carbocycles. The maximum Gasteiger partial charge on any atom is 0.416 e. The Morgan fingerprint density at radius 3 is 1.12 bits per heavy atom. The van der Waals surface area contributed by atoms with Gasteiger partial charge in [-0.2, -0.15) is 52.7 Å². The molecule has 0 saturated heterocycles. The summed E-state index contributed by atoms with van der Waals surface area (Å²) in [7, 11) is 0. The second-order valence-corrected chi connectivity index (χ2v) is 18.7. The van der Waals surface area contributed by atoms with Crippen molar-refractivity contribution < 1.29 is 52.7 Å². The lowest BCUT2D eigenvalue weighted by molar-refractivity contribution is -0.160. The molecule has 352 valence electrons. The van der Waals surface area contributed by atoms with Crippen molar-refractivity contribution in [1.29, 1.82) is 0 Å². The van der Waals surface area contributed by atoms with Gasteiger partial charge in [0.25, 0.3) is 0 Å². The third-order valence-electron chi connectivity index (χ3n) is 13.7. The smallest absolute Gasteiger partial charge is 0.311 e. The molecule has 0 radical (unpaired) electrons. The van der Waals surface area contributed by atoms with Gasteiger partial charge in [0, 0.05) is 45.0 Å². The number of nitrogens with zero attached hydrogens (tertiary/aromatic N) is 2. The van der Waals surface area contributed by atoms with Crippen molar-refractivity contribution in [1.82, 2.24) is 0 Å². The van der Waals surface area contributed by atoms with E-state index in [1.807, 2.05) is 38.1 Å². The summed E-state index contributed by atoms with van der Waals surface area (Å²) in [6.45, 7) is 12.1. The number of benzene rings is 6. The second kappa shape index (κ2) is 15.5. The first kappa shape index (κ1) is 46.7. The molecule has 1 unspecified atom stereocenters. The highest BCUT2D eigenvalue weighted by Crippen LogP contribution is 2.59. The molecule has 3 aliphatic rings. The van der Waals surface area contributed by atoms with Gasteiger partial charge in [0.05, 0.1) is 22.6 Å². The maximum absolute atomic E-state index is 13.7. The Hall–Kier alpha value is -6.44. The topological polar surface area (TPSA) is 6.48 Å². The number of anilines is 5. The molecule has 0 bridgehead atoms. The second-order valence-electron chi connectivity index (χ2n) is 18.7.